The highest BCUT2D eigenvalue weighted by Gasteiger charge is 2.33. The molecule has 4 aromatic rings. The molecule has 2 heterocycles. The Morgan fingerprint density at radius 2 is 1.37 bits per heavy atom. The summed E-state index contributed by atoms with van der Waals surface area (Å²) in [6.45, 7) is 6.86. The number of nitrogens with zero attached hydrogens (tertiary/aromatic N) is 5. The summed E-state index contributed by atoms with van der Waals surface area (Å²) in [5.74, 6) is 1.12. The van der Waals surface area contributed by atoms with Crippen LogP contribution in [0.1, 0.15) is 42.5 Å². The number of piperazine rings is 1. The zero-order valence-corrected chi connectivity index (χ0v) is 21.6. The smallest absolute Gasteiger partial charge is 0.373 e. The molecule has 194 valence electrons. The number of benzene rings is 3. The average Bonchev–Trinajstić information content (AvgIpc) is 2.95. The summed E-state index contributed by atoms with van der Waals surface area (Å²) >= 11 is 0. The lowest BCUT2D eigenvalue weighted by atomic mass is 9.96. The SMILES string of the molecule is CC(C)c1ccc(Oc2ncnc(N3CCN(C(c4ccccc4)c4ccccc4)CC3)c2[N+](=O)[O-])cc1. The molecule has 0 saturated carbocycles. The Balaban J connectivity index is 1.37. The lowest BCUT2D eigenvalue weighted by Crippen LogP contribution is -2.48. The fraction of sp³-hybridized carbons (Fsp3) is 0.267. The van der Waals surface area contributed by atoms with Gasteiger partial charge in [-0.2, -0.15) is 4.98 Å². The molecule has 3 aromatic carbocycles. The highest BCUT2D eigenvalue weighted by atomic mass is 16.6. The van der Waals surface area contributed by atoms with Crippen molar-refractivity contribution in [3.05, 3.63) is 118 Å². The van der Waals surface area contributed by atoms with Crippen molar-refractivity contribution in [1.29, 1.82) is 0 Å². The van der Waals surface area contributed by atoms with Gasteiger partial charge < -0.3 is 9.64 Å². The Bertz CT molecular complexity index is 1320. The summed E-state index contributed by atoms with van der Waals surface area (Å²) in [5.41, 5.74) is 3.40. The lowest BCUT2D eigenvalue weighted by Gasteiger charge is -2.40. The van der Waals surface area contributed by atoms with Gasteiger partial charge in [-0.15, -0.1) is 0 Å². The molecule has 0 amide bonds. The van der Waals surface area contributed by atoms with E-state index in [1.54, 1.807) is 0 Å². The fourth-order valence-electron chi connectivity index (χ4n) is 4.93. The predicted molar refractivity (Wildman–Crippen MR) is 148 cm³/mol. The zero-order chi connectivity index (χ0) is 26.5. The lowest BCUT2D eigenvalue weighted by molar-refractivity contribution is -0.385. The normalized spacial score (nSPS) is 14.2. The second-order valence-corrected chi connectivity index (χ2v) is 9.68. The van der Waals surface area contributed by atoms with Gasteiger partial charge in [0.2, 0.25) is 5.82 Å². The fourth-order valence-corrected chi connectivity index (χ4v) is 4.93. The zero-order valence-electron chi connectivity index (χ0n) is 21.6. The Morgan fingerprint density at radius 3 is 1.89 bits per heavy atom. The first-order valence-electron chi connectivity index (χ1n) is 12.9. The van der Waals surface area contributed by atoms with Crippen molar-refractivity contribution in [3.63, 3.8) is 0 Å². The quantitative estimate of drug-likeness (QED) is 0.206. The molecule has 8 heteroatoms. The van der Waals surface area contributed by atoms with Crippen LogP contribution in [0.5, 0.6) is 11.6 Å². The first-order chi connectivity index (χ1) is 18.5. The van der Waals surface area contributed by atoms with Crippen molar-refractivity contribution >= 4 is 11.5 Å². The largest absolute Gasteiger partial charge is 0.434 e. The van der Waals surface area contributed by atoms with E-state index in [1.165, 1.54) is 17.5 Å². The van der Waals surface area contributed by atoms with Crippen molar-refractivity contribution in [2.24, 2.45) is 0 Å². The van der Waals surface area contributed by atoms with Gasteiger partial charge in [0.1, 0.15) is 12.1 Å². The average molecular weight is 510 g/mol. The summed E-state index contributed by atoms with van der Waals surface area (Å²) in [6, 6.07) is 28.5. The van der Waals surface area contributed by atoms with E-state index in [0.29, 0.717) is 24.8 Å². The molecule has 0 bridgehead atoms. The molecular weight excluding hydrogens is 478 g/mol. The molecule has 38 heavy (non-hydrogen) atoms. The molecule has 0 N–H and O–H groups in total. The molecule has 0 aliphatic carbocycles. The van der Waals surface area contributed by atoms with Gasteiger partial charge in [-0.05, 0) is 34.7 Å². The van der Waals surface area contributed by atoms with Gasteiger partial charge in [0.05, 0.1) is 11.0 Å². The Morgan fingerprint density at radius 1 is 0.789 bits per heavy atom. The van der Waals surface area contributed by atoms with Gasteiger partial charge in [0, 0.05) is 26.2 Å². The van der Waals surface area contributed by atoms with E-state index in [0.717, 1.165) is 18.7 Å². The molecule has 1 aliphatic heterocycles. The molecule has 1 fully saturated rings. The maximum Gasteiger partial charge on any atom is 0.373 e. The summed E-state index contributed by atoms with van der Waals surface area (Å²) < 4.78 is 5.88. The Kier molecular flexibility index (Phi) is 7.60. The Hall–Kier alpha value is -4.30. The van der Waals surface area contributed by atoms with Crippen LogP contribution < -0.4 is 9.64 Å². The number of hydrogen-bond donors (Lipinski definition) is 0. The third-order valence-corrected chi connectivity index (χ3v) is 6.92. The van der Waals surface area contributed by atoms with Crippen LogP contribution >= 0.6 is 0 Å². The molecule has 0 unspecified atom stereocenters. The van der Waals surface area contributed by atoms with Crippen LogP contribution in [0.25, 0.3) is 0 Å². The molecule has 1 aromatic heterocycles. The molecule has 1 saturated heterocycles. The third-order valence-electron chi connectivity index (χ3n) is 6.92. The minimum absolute atomic E-state index is 0.0498. The maximum atomic E-state index is 12.2. The summed E-state index contributed by atoms with van der Waals surface area (Å²) in [7, 11) is 0. The topological polar surface area (TPSA) is 84.6 Å². The van der Waals surface area contributed by atoms with Crippen LogP contribution in [0.4, 0.5) is 11.5 Å². The van der Waals surface area contributed by atoms with E-state index in [4.69, 9.17) is 4.74 Å². The summed E-state index contributed by atoms with van der Waals surface area (Å²) in [6.07, 6.45) is 1.34. The van der Waals surface area contributed by atoms with Crippen LogP contribution in [0.2, 0.25) is 0 Å². The van der Waals surface area contributed by atoms with E-state index in [1.807, 2.05) is 41.3 Å². The second-order valence-electron chi connectivity index (χ2n) is 9.68. The predicted octanol–water partition coefficient (Wildman–Crippen LogP) is 6.21. The molecule has 1 aliphatic rings. The minimum Gasteiger partial charge on any atom is -0.434 e. The van der Waals surface area contributed by atoms with Gasteiger partial charge in [-0.3, -0.25) is 15.0 Å². The van der Waals surface area contributed by atoms with Crippen LogP contribution in [0, 0.1) is 10.1 Å². The second kappa shape index (κ2) is 11.4. The van der Waals surface area contributed by atoms with Gasteiger partial charge >= 0.3 is 11.6 Å². The Labute approximate surface area is 222 Å². The first kappa shape index (κ1) is 25.4. The number of aromatic nitrogens is 2. The number of nitro groups is 1. The number of anilines is 1. The van der Waals surface area contributed by atoms with E-state index < -0.39 is 4.92 Å². The van der Waals surface area contributed by atoms with E-state index in [9.17, 15) is 10.1 Å². The minimum atomic E-state index is -0.448. The molecule has 8 nitrogen and oxygen atoms in total. The van der Waals surface area contributed by atoms with Gasteiger partial charge in [0.15, 0.2) is 0 Å². The number of rotatable bonds is 8. The first-order valence-corrected chi connectivity index (χ1v) is 12.9. The monoisotopic (exact) mass is 509 g/mol. The van der Waals surface area contributed by atoms with E-state index in [2.05, 4.69) is 77.2 Å². The molecule has 5 rings (SSSR count). The van der Waals surface area contributed by atoms with Crippen molar-refractivity contribution in [3.8, 4) is 11.6 Å². The van der Waals surface area contributed by atoms with Crippen molar-refractivity contribution in [2.75, 3.05) is 31.1 Å². The van der Waals surface area contributed by atoms with Crippen molar-refractivity contribution in [1.82, 2.24) is 14.9 Å². The molecule has 0 radical (unpaired) electrons. The third kappa shape index (κ3) is 5.50. The highest BCUT2D eigenvalue weighted by molar-refractivity contribution is 5.63. The van der Waals surface area contributed by atoms with Gasteiger partial charge in [0.25, 0.3) is 0 Å². The van der Waals surface area contributed by atoms with Gasteiger partial charge in [-0.25, -0.2) is 4.98 Å². The summed E-state index contributed by atoms with van der Waals surface area (Å²) in [4.78, 5) is 24.5. The van der Waals surface area contributed by atoms with E-state index in [-0.39, 0.29) is 23.4 Å². The summed E-state index contributed by atoms with van der Waals surface area (Å²) in [5, 5.41) is 12.2. The van der Waals surface area contributed by atoms with Crippen LogP contribution in [0.3, 0.4) is 0 Å². The standard InChI is InChI=1S/C30H31N5O3/c1-22(2)23-13-15-26(16-14-23)38-30-28(35(36)37)29(31-21-32-30)34-19-17-33(18-20-34)27(24-9-5-3-6-10-24)25-11-7-4-8-12-25/h3-16,21-22,27H,17-20H2,1-2H3. The number of ether oxygens (including phenoxy) is 1. The van der Waals surface area contributed by atoms with Crippen LogP contribution in [0.15, 0.2) is 91.3 Å². The molecule has 0 atom stereocenters. The van der Waals surface area contributed by atoms with E-state index >= 15 is 0 Å². The molecular formula is C30H31N5O3. The van der Waals surface area contributed by atoms with Crippen LogP contribution in [-0.2, 0) is 0 Å². The highest BCUT2D eigenvalue weighted by Crippen LogP contribution is 2.37. The van der Waals surface area contributed by atoms with Crippen LogP contribution in [-0.4, -0.2) is 46.0 Å². The van der Waals surface area contributed by atoms with Crippen molar-refractivity contribution < 1.29 is 9.66 Å². The number of hydrogen-bond acceptors (Lipinski definition) is 7. The maximum absolute atomic E-state index is 12.2. The van der Waals surface area contributed by atoms with Crippen molar-refractivity contribution in [2.45, 2.75) is 25.8 Å². The molecule has 0 spiro atoms. The van der Waals surface area contributed by atoms with Gasteiger partial charge in [-0.1, -0.05) is 86.6 Å².